The van der Waals surface area contributed by atoms with Crippen molar-refractivity contribution in [3.05, 3.63) is 66.0 Å². The molecule has 0 aliphatic carbocycles. The van der Waals surface area contributed by atoms with Crippen LogP contribution in [0.2, 0.25) is 0 Å². The van der Waals surface area contributed by atoms with Gasteiger partial charge in [0, 0.05) is 5.33 Å². The summed E-state index contributed by atoms with van der Waals surface area (Å²) >= 11 is 3.34. The summed E-state index contributed by atoms with van der Waals surface area (Å²) in [5, 5.41) is 0.854. The van der Waals surface area contributed by atoms with Crippen LogP contribution in [0.15, 0.2) is 54.6 Å². The Bertz CT molecular complexity index is 497. The zero-order valence-electron chi connectivity index (χ0n) is 9.24. The molecule has 0 fully saturated rings. The molecule has 0 nitrogen and oxygen atoms in total. The predicted octanol–water partition coefficient (Wildman–Crippen LogP) is 4.90. The van der Waals surface area contributed by atoms with E-state index in [1.54, 1.807) is 12.1 Å². The number of hydrogen-bond donors (Lipinski definition) is 0. The van der Waals surface area contributed by atoms with Crippen LogP contribution < -0.4 is 0 Å². The van der Waals surface area contributed by atoms with Gasteiger partial charge in [-0.1, -0.05) is 64.5 Å². The predicted molar refractivity (Wildman–Crippen MR) is 74.7 cm³/mol. The van der Waals surface area contributed by atoms with E-state index >= 15 is 0 Å². The lowest BCUT2D eigenvalue weighted by Crippen LogP contribution is -1.79. The zero-order valence-corrected chi connectivity index (χ0v) is 10.8. The van der Waals surface area contributed by atoms with E-state index < -0.39 is 0 Å². The Hall–Kier alpha value is -1.41. The summed E-state index contributed by atoms with van der Waals surface area (Å²) in [4.78, 5) is 0. The van der Waals surface area contributed by atoms with Gasteiger partial charge in [0.2, 0.25) is 0 Å². The minimum absolute atomic E-state index is 0.203. The van der Waals surface area contributed by atoms with Crippen LogP contribution in [0.3, 0.4) is 0 Å². The molecule has 0 aliphatic rings. The largest absolute Gasteiger partial charge is 0.207 e. The van der Waals surface area contributed by atoms with Crippen molar-refractivity contribution >= 4 is 22.0 Å². The van der Waals surface area contributed by atoms with Gasteiger partial charge in [0.05, 0.1) is 0 Å². The smallest absolute Gasteiger partial charge is 0.123 e. The molecule has 0 radical (unpaired) electrons. The fraction of sp³-hybridized carbons (Fsp3) is 0.0667. The van der Waals surface area contributed by atoms with E-state index in [4.69, 9.17) is 0 Å². The summed E-state index contributed by atoms with van der Waals surface area (Å²) in [6.45, 7) is 0. The van der Waals surface area contributed by atoms with Gasteiger partial charge in [-0.3, -0.25) is 0 Å². The Kier molecular flexibility index (Phi) is 4.10. The van der Waals surface area contributed by atoms with E-state index in [1.165, 1.54) is 12.1 Å². The first-order valence-electron chi connectivity index (χ1n) is 5.38. The Labute approximate surface area is 109 Å². The highest BCUT2D eigenvalue weighted by atomic mass is 79.9. The van der Waals surface area contributed by atoms with Crippen LogP contribution in [-0.4, -0.2) is 5.33 Å². The molecule has 2 heteroatoms. The van der Waals surface area contributed by atoms with Crippen molar-refractivity contribution in [1.29, 1.82) is 0 Å². The molecule has 0 aromatic heterocycles. The van der Waals surface area contributed by atoms with Gasteiger partial charge in [-0.25, -0.2) is 4.39 Å². The molecule has 2 aromatic carbocycles. The first kappa shape index (κ1) is 12.1. The first-order chi connectivity index (χ1) is 8.29. The van der Waals surface area contributed by atoms with Crippen molar-refractivity contribution in [2.24, 2.45) is 0 Å². The summed E-state index contributed by atoms with van der Waals surface area (Å²) < 4.78 is 12.8. The molecule has 0 unspecified atom stereocenters. The Morgan fingerprint density at radius 3 is 1.94 bits per heavy atom. The molecule has 0 atom stereocenters. The van der Waals surface area contributed by atoms with Crippen LogP contribution in [0.4, 0.5) is 4.39 Å². The van der Waals surface area contributed by atoms with Crippen molar-refractivity contribution in [2.45, 2.75) is 0 Å². The third-order valence-corrected chi connectivity index (χ3v) is 2.86. The number of rotatable bonds is 3. The lowest BCUT2D eigenvalue weighted by Gasteiger charge is -2.02. The highest BCUT2D eigenvalue weighted by molar-refractivity contribution is 9.09. The maximum absolute atomic E-state index is 12.8. The Morgan fingerprint density at radius 2 is 1.41 bits per heavy atom. The molecule has 0 saturated carbocycles. The molecule has 0 aliphatic heterocycles. The molecule has 0 heterocycles. The number of hydrogen-bond acceptors (Lipinski definition) is 0. The number of allylic oxidation sites excluding steroid dienone is 1. The Balaban J connectivity index is 2.23. The Morgan fingerprint density at radius 1 is 0.882 bits per heavy atom. The van der Waals surface area contributed by atoms with Crippen LogP contribution in [0.5, 0.6) is 0 Å². The van der Waals surface area contributed by atoms with E-state index in [-0.39, 0.29) is 5.82 Å². The van der Waals surface area contributed by atoms with Gasteiger partial charge >= 0.3 is 0 Å². The quantitative estimate of drug-likeness (QED) is 0.705. The van der Waals surface area contributed by atoms with E-state index in [2.05, 4.69) is 34.1 Å². The monoisotopic (exact) mass is 290 g/mol. The maximum atomic E-state index is 12.8. The molecule has 2 aromatic rings. The summed E-state index contributed by atoms with van der Waals surface area (Å²) in [5.41, 5.74) is 3.29. The molecule has 0 N–H and O–H groups in total. The maximum Gasteiger partial charge on any atom is 0.123 e. The SMILES string of the molecule is Fc1ccc(-c2ccc(/C=C/CBr)cc2)cc1. The topological polar surface area (TPSA) is 0 Å². The van der Waals surface area contributed by atoms with Crippen LogP contribution >= 0.6 is 15.9 Å². The minimum Gasteiger partial charge on any atom is -0.207 e. The average molecular weight is 291 g/mol. The van der Waals surface area contributed by atoms with Crippen LogP contribution in [0.1, 0.15) is 5.56 Å². The molecule has 17 heavy (non-hydrogen) atoms. The van der Waals surface area contributed by atoms with Crippen molar-refractivity contribution in [3.63, 3.8) is 0 Å². The van der Waals surface area contributed by atoms with Crippen molar-refractivity contribution in [3.8, 4) is 11.1 Å². The van der Waals surface area contributed by atoms with E-state index in [0.717, 1.165) is 22.0 Å². The van der Waals surface area contributed by atoms with Crippen LogP contribution in [0.25, 0.3) is 17.2 Å². The number of benzene rings is 2. The first-order valence-corrected chi connectivity index (χ1v) is 6.50. The lowest BCUT2D eigenvalue weighted by atomic mass is 10.0. The standard InChI is InChI=1S/C15H12BrF/c16-11-1-2-12-3-5-13(6-4-12)14-7-9-15(17)10-8-14/h1-10H,11H2/b2-1+. The summed E-state index contributed by atoms with van der Waals surface area (Å²) in [7, 11) is 0. The van der Waals surface area contributed by atoms with Crippen molar-refractivity contribution in [2.75, 3.05) is 5.33 Å². The third-order valence-electron chi connectivity index (χ3n) is 2.49. The van der Waals surface area contributed by atoms with Crippen molar-refractivity contribution in [1.82, 2.24) is 0 Å². The molecule has 0 spiro atoms. The second kappa shape index (κ2) is 5.78. The molecule has 2 rings (SSSR count). The van der Waals surface area contributed by atoms with Gasteiger partial charge in [-0.05, 0) is 28.8 Å². The van der Waals surface area contributed by atoms with Gasteiger partial charge in [0.1, 0.15) is 5.82 Å². The number of halogens is 2. The fourth-order valence-electron chi connectivity index (χ4n) is 1.61. The van der Waals surface area contributed by atoms with E-state index in [0.29, 0.717) is 0 Å². The van der Waals surface area contributed by atoms with Crippen LogP contribution in [-0.2, 0) is 0 Å². The van der Waals surface area contributed by atoms with E-state index in [1.807, 2.05) is 18.2 Å². The molecule has 86 valence electrons. The van der Waals surface area contributed by atoms with Gasteiger partial charge < -0.3 is 0 Å². The van der Waals surface area contributed by atoms with Gasteiger partial charge in [-0.15, -0.1) is 0 Å². The van der Waals surface area contributed by atoms with Gasteiger partial charge in [0.25, 0.3) is 0 Å². The minimum atomic E-state index is -0.203. The third kappa shape index (κ3) is 3.27. The number of alkyl halides is 1. The summed E-state index contributed by atoms with van der Waals surface area (Å²) in [5.74, 6) is -0.203. The molecule has 0 amide bonds. The highest BCUT2D eigenvalue weighted by Gasteiger charge is 1.97. The molecule has 0 bridgehead atoms. The highest BCUT2D eigenvalue weighted by Crippen LogP contribution is 2.20. The summed E-state index contributed by atoms with van der Waals surface area (Å²) in [6.07, 6.45) is 4.11. The zero-order chi connectivity index (χ0) is 12.1. The van der Waals surface area contributed by atoms with Gasteiger partial charge in [-0.2, -0.15) is 0 Å². The second-order valence-electron chi connectivity index (χ2n) is 3.69. The average Bonchev–Trinajstić information content (AvgIpc) is 2.38. The molecular weight excluding hydrogens is 279 g/mol. The van der Waals surface area contributed by atoms with Crippen LogP contribution in [0, 0.1) is 5.82 Å². The fourth-order valence-corrected chi connectivity index (χ4v) is 1.80. The van der Waals surface area contributed by atoms with E-state index in [9.17, 15) is 4.39 Å². The van der Waals surface area contributed by atoms with Crippen molar-refractivity contribution < 1.29 is 4.39 Å². The second-order valence-corrected chi connectivity index (χ2v) is 4.33. The molecular formula is C15H12BrF. The molecule has 0 saturated heterocycles. The van der Waals surface area contributed by atoms with Gasteiger partial charge in [0.15, 0.2) is 0 Å². The normalized spacial score (nSPS) is 10.9. The lowest BCUT2D eigenvalue weighted by molar-refractivity contribution is 0.628. The summed E-state index contributed by atoms with van der Waals surface area (Å²) in [6, 6.07) is 14.7.